The number of methoxy groups -OCH3 is 1. The van der Waals surface area contributed by atoms with Crippen LogP contribution in [0.15, 0.2) is 24.3 Å². The lowest BCUT2D eigenvalue weighted by molar-refractivity contribution is -0.140. The zero-order valence-electron chi connectivity index (χ0n) is 8.45. The van der Waals surface area contributed by atoms with Crippen molar-refractivity contribution in [2.45, 2.75) is 13.3 Å². The van der Waals surface area contributed by atoms with Gasteiger partial charge in [-0.15, -0.1) is 0 Å². The van der Waals surface area contributed by atoms with Crippen LogP contribution in [0.4, 0.5) is 0 Å². The summed E-state index contributed by atoms with van der Waals surface area (Å²) in [5.41, 5.74) is 1.05. The highest BCUT2D eigenvalue weighted by Crippen LogP contribution is 2.17. The second kappa shape index (κ2) is 5.27. The van der Waals surface area contributed by atoms with Crippen molar-refractivity contribution >= 4 is 5.97 Å². The molecule has 1 aromatic carbocycles. The molecular formula is C11H14O3. The van der Waals surface area contributed by atoms with Gasteiger partial charge >= 0.3 is 5.97 Å². The number of benzene rings is 1. The predicted octanol–water partition coefficient (Wildman–Crippen LogP) is 1.80. The van der Waals surface area contributed by atoms with Gasteiger partial charge in [-0.05, 0) is 11.6 Å². The van der Waals surface area contributed by atoms with E-state index in [0.717, 1.165) is 11.3 Å². The number of para-hydroxylation sites is 1. The molecule has 3 nitrogen and oxygen atoms in total. The Morgan fingerprint density at radius 2 is 2.07 bits per heavy atom. The van der Waals surface area contributed by atoms with Crippen molar-refractivity contribution in [2.75, 3.05) is 13.7 Å². The molecule has 0 fully saturated rings. The molecule has 0 bridgehead atoms. The van der Waals surface area contributed by atoms with Crippen LogP contribution in [0, 0.1) is 0 Å². The van der Waals surface area contributed by atoms with Crippen molar-refractivity contribution in [3.8, 4) is 5.75 Å². The first-order valence-corrected chi connectivity index (χ1v) is 4.49. The molecule has 14 heavy (non-hydrogen) atoms. The molecule has 1 rings (SSSR count). The fraction of sp³-hybridized carbons (Fsp3) is 0.364. The average Bonchev–Trinajstić information content (AvgIpc) is 2.18. The van der Waals surface area contributed by atoms with Gasteiger partial charge in [-0.3, -0.25) is 4.79 Å². The van der Waals surface area contributed by atoms with Gasteiger partial charge in [0.2, 0.25) is 0 Å². The summed E-state index contributed by atoms with van der Waals surface area (Å²) in [5.74, 6) is 0.583. The third kappa shape index (κ3) is 3.09. The third-order valence-corrected chi connectivity index (χ3v) is 1.87. The molecule has 0 atom stereocenters. The molecule has 0 aromatic heterocycles. The van der Waals surface area contributed by atoms with Crippen LogP contribution in [-0.2, 0) is 16.0 Å². The molecule has 0 unspecified atom stereocenters. The molecule has 0 saturated carbocycles. The van der Waals surface area contributed by atoms with E-state index in [-0.39, 0.29) is 5.97 Å². The molecule has 0 aliphatic heterocycles. The molecule has 0 spiro atoms. The lowest BCUT2D eigenvalue weighted by Gasteiger charge is -2.07. The number of carbonyl (C=O) groups is 1. The lowest BCUT2D eigenvalue weighted by Crippen LogP contribution is -2.04. The summed E-state index contributed by atoms with van der Waals surface area (Å²) >= 11 is 0. The Morgan fingerprint density at radius 1 is 1.36 bits per heavy atom. The van der Waals surface area contributed by atoms with Crippen molar-refractivity contribution in [1.82, 2.24) is 0 Å². The fourth-order valence-electron chi connectivity index (χ4n) is 1.21. The minimum Gasteiger partial charge on any atom is -0.496 e. The predicted molar refractivity (Wildman–Crippen MR) is 53.3 cm³/mol. The number of hydrogen-bond donors (Lipinski definition) is 0. The molecule has 0 radical (unpaired) electrons. The second-order valence-electron chi connectivity index (χ2n) is 2.90. The van der Waals surface area contributed by atoms with Crippen LogP contribution >= 0.6 is 0 Å². The van der Waals surface area contributed by atoms with Crippen LogP contribution in [0.1, 0.15) is 12.5 Å². The van der Waals surface area contributed by atoms with Crippen molar-refractivity contribution in [1.29, 1.82) is 0 Å². The fourth-order valence-corrected chi connectivity index (χ4v) is 1.21. The van der Waals surface area contributed by atoms with E-state index in [1.54, 1.807) is 7.11 Å². The van der Waals surface area contributed by atoms with Gasteiger partial charge in [0.15, 0.2) is 0 Å². The SMILES string of the molecule is COc1ccccc1CCOC(C)=O. The number of ether oxygens (including phenoxy) is 2. The van der Waals surface area contributed by atoms with Gasteiger partial charge < -0.3 is 9.47 Å². The first kappa shape index (κ1) is 10.6. The highest BCUT2D eigenvalue weighted by molar-refractivity contribution is 5.65. The maximum absolute atomic E-state index is 10.5. The largest absolute Gasteiger partial charge is 0.496 e. The van der Waals surface area contributed by atoms with E-state index in [2.05, 4.69) is 0 Å². The Hall–Kier alpha value is -1.51. The summed E-state index contributed by atoms with van der Waals surface area (Å²) in [6.45, 7) is 1.80. The number of esters is 1. The summed E-state index contributed by atoms with van der Waals surface area (Å²) < 4.78 is 10.0. The monoisotopic (exact) mass is 194 g/mol. The van der Waals surface area contributed by atoms with Crippen LogP contribution < -0.4 is 4.74 Å². The minimum absolute atomic E-state index is 0.250. The maximum atomic E-state index is 10.5. The summed E-state index contributed by atoms with van der Waals surface area (Å²) in [6, 6.07) is 7.70. The van der Waals surface area contributed by atoms with Gasteiger partial charge in [0, 0.05) is 13.3 Å². The first-order chi connectivity index (χ1) is 6.74. The van der Waals surface area contributed by atoms with Crippen LogP contribution in [0.25, 0.3) is 0 Å². The zero-order valence-corrected chi connectivity index (χ0v) is 8.45. The quantitative estimate of drug-likeness (QED) is 0.685. The van der Waals surface area contributed by atoms with Crippen molar-refractivity contribution in [3.63, 3.8) is 0 Å². The molecule has 0 aliphatic carbocycles. The topological polar surface area (TPSA) is 35.5 Å². The van der Waals surface area contributed by atoms with Gasteiger partial charge in [0.05, 0.1) is 13.7 Å². The molecule has 0 saturated heterocycles. The Balaban J connectivity index is 2.53. The second-order valence-corrected chi connectivity index (χ2v) is 2.90. The minimum atomic E-state index is -0.250. The molecular weight excluding hydrogens is 180 g/mol. The zero-order chi connectivity index (χ0) is 10.4. The van der Waals surface area contributed by atoms with Crippen molar-refractivity contribution < 1.29 is 14.3 Å². The van der Waals surface area contributed by atoms with Gasteiger partial charge in [-0.25, -0.2) is 0 Å². The number of hydrogen-bond acceptors (Lipinski definition) is 3. The van der Waals surface area contributed by atoms with Crippen LogP contribution in [0.5, 0.6) is 5.75 Å². The van der Waals surface area contributed by atoms with Gasteiger partial charge in [0.25, 0.3) is 0 Å². The van der Waals surface area contributed by atoms with E-state index in [1.807, 2.05) is 24.3 Å². The summed E-state index contributed by atoms with van der Waals surface area (Å²) in [4.78, 5) is 10.5. The standard InChI is InChI=1S/C11H14O3/c1-9(12)14-8-7-10-5-3-4-6-11(10)13-2/h3-6H,7-8H2,1-2H3. The van der Waals surface area contributed by atoms with E-state index in [0.29, 0.717) is 13.0 Å². The number of carbonyl (C=O) groups excluding carboxylic acids is 1. The molecule has 3 heteroatoms. The van der Waals surface area contributed by atoms with Crippen LogP contribution in [0.3, 0.4) is 0 Å². The van der Waals surface area contributed by atoms with E-state index < -0.39 is 0 Å². The Bertz CT molecular complexity index is 307. The van der Waals surface area contributed by atoms with Crippen LogP contribution in [0.2, 0.25) is 0 Å². The molecule has 0 amide bonds. The van der Waals surface area contributed by atoms with E-state index in [4.69, 9.17) is 9.47 Å². The lowest BCUT2D eigenvalue weighted by atomic mass is 10.1. The Morgan fingerprint density at radius 3 is 2.71 bits per heavy atom. The highest BCUT2D eigenvalue weighted by atomic mass is 16.5. The molecule has 0 aliphatic rings. The van der Waals surface area contributed by atoms with Gasteiger partial charge in [-0.2, -0.15) is 0 Å². The smallest absolute Gasteiger partial charge is 0.302 e. The van der Waals surface area contributed by atoms with Crippen LogP contribution in [-0.4, -0.2) is 19.7 Å². The normalized spacial score (nSPS) is 9.57. The molecule has 0 heterocycles. The summed E-state index contributed by atoms with van der Waals surface area (Å²) in [5, 5.41) is 0. The Kier molecular flexibility index (Phi) is 3.98. The van der Waals surface area contributed by atoms with E-state index >= 15 is 0 Å². The van der Waals surface area contributed by atoms with E-state index in [9.17, 15) is 4.79 Å². The molecule has 1 aromatic rings. The Labute approximate surface area is 83.6 Å². The van der Waals surface area contributed by atoms with Gasteiger partial charge in [0.1, 0.15) is 5.75 Å². The highest BCUT2D eigenvalue weighted by Gasteiger charge is 2.01. The van der Waals surface area contributed by atoms with E-state index in [1.165, 1.54) is 6.92 Å². The number of rotatable bonds is 4. The van der Waals surface area contributed by atoms with Gasteiger partial charge in [-0.1, -0.05) is 18.2 Å². The summed E-state index contributed by atoms with van der Waals surface area (Å²) in [7, 11) is 1.63. The molecule has 0 N–H and O–H groups in total. The summed E-state index contributed by atoms with van der Waals surface area (Å²) in [6.07, 6.45) is 0.684. The third-order valence-electron chi connectivity index (χ3n) is 1.87. The maximum Gasteiger partial charge on any atom is 0.302 e. The van der Waals surface area contributed by atoms with Crippen molar-refractivity contribution in [2.24, 2.45) is 0 Å². The molecule has 76 valence electrons. The average molecular weight is 194 g/mol. The van der Waals surface area contributed by atoms with Crippen molar-refractivity contribution in [3.05, 3.63) is 29.8 Å². The first-order valence-electron chi connectivity index (χ1n) is 4.49.